The molecule has 0 spiro atoms. The van der Waals surface area contributed by atoms with Crippen LogP contribution < -0.4 is 5.32 Å². The fraction of sp³-hybridized carbons (Fsp3) is 0.0244. The monoisotopic (exact) mass is 563 g/mol. The van der Waals surface area contributed by atoms with Crippen LogP contribution in [0.5, 0.6) is 0 Å². The van der Waals surface area contributed by atoms with Crippen molar-refractivity contribution in [3.8, 4) is 5.69 Å². The first-order chi connectivity index (χ1) is 21.8. The van der Waals surface area contributed by atoms with Gasteiger partial charge in [0.1, 0.15) is 5.82 Å². The maximum Gasteiger partial charge on any atom is 0.112 e. The van der Waals surface area contributed by atoms with Crippen molar-refractivity contribution in [3.05, 3.63) is 175 Å². The summed E-state index contributed by atoms with van der Waals surface area (Å²) in [5.74, 6) is 1.07. The summed E-state index contributed by atoms with van der Waals surface area (Å²) in [5, 5.41) is 8.90. The van der Waals surface area contributed by atoms with Crippen LogP contribution in [0.4, 0.5) is 0 Å². The maximum absolute atomic E-state index is 3.89. The number of fused-ring (bicyclic) bond motifs is 6. The highest BCUT2D eigenvalue weighted by Crippen LogP contribution is 2.38. The van der Waals surface area contributed by atoms with Crippen LogP contribution in [0.1, 0.15) is 17.2 Å². The van der Waals surface area contributed by atoms with E-state index in [9.17, 15) is 0 Å². The van der Waals surface area contributed by atoms with E-state index in [-0.39, 0.29) is 6.04 Å². The highest BCUT2D eigenvalue weighted by Gasteiger charge is 2.22. The fourth-order valence-corrected chi connectivity index (χ4v) is 6.96. The van der Waals surface area contributed by atoms with Crippen molar-refractivity contribution in [2.45, 2.75) is 6.04 Å². The van der Waals surface area contributed by atoms with E-state index < -0.39 is 0 Å². The molecule has 1 atom stereocenters. The minimum atomic E-state index is 0.0412. The molecule has 0 fully saturated rings. The van der Waals surface area contributed by atoms with Gasteiger partial charge in [0.2, 0.25) is 0 Å². The highest BCUT2D eigenvalue weighted by atomic mass is 15.2. The molecule has 0 amide bonds. The number of nitrogens with zero attached hydrogens (tertiary/aromatic N) is 2. The molecule has 3 heteroatoms. The number of allylic oxidation sites excluding steroid dienone is 2. The third-order valence-electron chi connectivity index (χ3n) is 8.94. The van der Waals surface area contributed by atoms with Crippen molar-refractivity contribution >= 4 is 55.0 Å². The van der Waals surface area contributed by atoms with Crippen LogP contribution in [-0.2, 0) is 0 Å². The predicted molar refractivity (Wildman–Crippen MR) is 185 cm³/mol. The fourth-order valence-electron chi connectivity index (χ4n) is 6.96. The molecule has 8 aromatic rings. The van der Waals surface area contributed by atoms with Crippen molar-refractivity contribution in [1.82, 2.24) is 14.5 Å². The third-order valence-corrected chi connectivity index (χ3v) is 8.94. The number of dihydropyridines is 1. The minimum Gasteiger partial charge on any atom is -0.361 e. The molecular weight excluding hydrogens is 534 g/mol. The molecule has 44 heavy (non-hydrogen) atoms. The van der Waals surface area contributed by atoms with Crippen molar-refractivity contribution in [2.24, 2.45) is 0 Å². The van der Waals surface area contributed by atoms with E-state index >= 15 is 0 Å². The van der Waals surface area contributed by atoms with Gasteiger partial charge >= 0.3 is 0 Å². The van der Waals surface area contributed by atoms with Gasteiger partial charge in [-0.3, -0.25) is 4.57 Å². The van der Waals surface area contributed by atoms with Crippen molar-refractivity contribution < 1.29 is 0 Å². The second kappa shape index (κ2) is 9.89. The molecule has 0 saturated carbocycles. The Kier molecular flexibility index (Phi) is 5.57. The van der Waals surface area contributed by atoms with Crippen LogP contribution in [0.2, 0.25) is 0 Å². The quantitative estimate of drug-likeness (QED) is 0.226. The summed E-state index contributed by atoms with van der Waals surface area (Å²) in [6.45, 7) is 0. The topological polar surface area (TPSA) is 21.9 Å². The van der Waals surface area contributed by atoms with E-state index in [1.807, 2.05) is 0 Å². The minimum absolute atomic E-state index is 0.0412. The zero-order valence-corrected chi connectivity index (χ0v) is 24.1. The molecule has 1 aliphatic rings. The Bertz CT molecular complexity index is 2350. The first-order valence-corrected chi connectivity index (χ1v) is 15.2. The molecule has 1 unspecified atom stereocenters. The van der Waals surface area contributed by atoms with Gasteiger partial charge in [-0.1, -0.05) is 115 Å². The van der Waals surface area contributed by atoms with Crippen LogP contribution >= 0.6 is 0 Å². The smallest absolute Gasteiger partial charge is 0.112 e. The summed E-state index contributed by atoms with van der Waals surface area (Å²) in [6, 6.07) is 54.5. The number of hydrogen-bond acceptors (Lipinski definition) is 1. The van der Waals surface area contributed by atoms with E-state index in [0.717, 1.165) is 11.5 Å². The SMILES string of the molecule is C1=C(c2ccccc2)C=C(n2c3ccccc3c3cc(-n4c5ccccc5c5ccccc54)ccc32)NC1c1ccccc1. The van der Waals surface area contributed by atoms with Crippen LogP contribution in [0.15, 0.2) is 164 Å². The predicted octanol–water partition coefficient (Wildman–Crippen LogP) is 10.1. The third kappa shape index (κ3) is 3.83. The van der Waals surface area contributed by atoms with Gasteiger partial charge in [-0.15, -0.1) is 0 Å². The average Bonchev–Trinajstić information content (AvgIpc) is 3.61. The second-order valence-electron chi connectivity index (χ2n) is 11.5. The van der Waals surface area contributed by atoms with Gasteiger partial charge in [0.05, 0.1) is 28.1 Å². The van der Waals surface area contributed by atoms with Gasteiger partial charge in [0.15, 0.2) is 0 Å². The molecule has 208 valence electrons. The van der Waals surface area contributed by atoms with E-state index in [1.54, 1.807) is 0 Å². The molecule has 1 N–H and O–H groups in total. The van der Waals surface area contributed by atoms with Crippen molar-refractivity contribution in [1.29, 1.82) is 0 Å². The first-order valence-electron chi connectivity index (χ1n) is 15.2. The molecule has 1 aliphatic heterocycles. The van der Waals surface area contributed by atoms with Crippen LogP contribution in [0, 0.1) is 0 Å². The van der Waals surface area contributed by atoms with Crippen LogP contribution in [0.3, 0.4) is 0 Å². The van der Waals surface area contributed by atoms with Gasteiger partial charge in [-0.25, -0.2) is 0 Å². The number of benzene rings is 6. The maximum atomic E-state index is 3.89. The number of aromatic nitrogens is 2. The zero-order valence-electron chi connectivity index (χ0n) is 24.1. The van der Waals surface area contributed by atoms with Crippen molar-refractivity contribution in [2.75, 3.05) is 0 Å². The normalized spacial score (nSPS) is 15.0. The van der Waals surface area contributed by atoms with Crippen molar-refractivity contribution in [3.63, 3.8) is 0 Å². The lowest BCUT2D eigenvalue weighted by Crippen LogP contribution is -2.24. The number of rotatable bonds is 4. The average molecular weight is 564 g/mol. The van der Waals surface area contributed by atoms with Crippen LogP contribution in [-0.4, -0.2) is 9.13 Å². The molecule has 2 aromatic heterocycles. The van der Waals surface area contributed by atoms with E-state index in [2.05, 4.69) is 178 Å². The number of hydrogen-bond donors (Lipinski definition) is 1. The van der Waals surface area contributed by atoms with Gasteiger partial charge in [0.25, 0.3) is 0 Å². The Morgan fingerprint density at radius 3 is 1.64 bits per heavy atom. The zero-order chi connectivity index (χ0) is 29.0. The Labute approximate surface area is 255 Å². The summed E-state index contributed by atoms with van der Waals surface area (Å²) >= 11 is 0. The van der Waals surface area contributed by atoms with Gasteiger partial charge in [-0.05, 0) is 65.3 Å². The second-order valence-corrected chi connectivity index (χ2v) is 11.5. The summed E-state index contributed by atoms with van der Waals surface area (Å²) < 4.78 is 4.79. The first kappa shape index (κ1) is 24.8. The highest BCUT2D eigenvalue weighted by molar-refractivity contribution is 6.12. The van der Waals surface area contributed by atoms with Gasteiger partial charge in [0, 0.05) is 27.2 Å². The Hall–Kier alpha value is -5.80. The largest absolute Gasteiger partial charge is 0.361 e. The molecule has 0 saturated heterocycles. The molecule has 3 nitrogen and oxygen atoms in total. The lowest BCUT2D eigenvalue weighted by Gasteiger charge is -2.27. The van der Waals surface area contributed by atoms with Gasteiger partial charge in [-0.2, -0.15) is 0 Å². The lowest BCUT2D eigenvalue weighted by atomic mass is 9.96. The molecule has 0 bridgehead atoms. The molecule has 0 aliphatic carbocycles. The molecule has 9 rings (SSSR count). The number of para-hydroxylation sites is 3. The molecule has 0 radical (unpaired) electrons. The summed E-state index contributed by atoms with van der Waals surface area (Å²) in [5.41, 5.74) is 9.62. The van der Waals surface area contributed by atoms with E-state index in [0.29, 0.717) is 0 Å². The summed E-state index contributed by atoms with van der Waals surface area (Å²) in [6.07, 6.45) is 4.63. The number of nitrogens with one attached hydrogen (secondary N) is 1. The molecular formula is C41H29N3. The molecule has 6 aromatic carbocycles. The standard InChI is InChI=1S/C41H29N3/c1-3-13-28(14-4-1)30-25-36(29-15-5-2-6-16-29)42-41(26-30)44-39-22-12-9-19-34(39)35-27-31(23-24-40(35)44)43-37-20-10-7-17-32(37)33-18-8-11-21-38(33)43/h1-27,36,42H. The van der Waals surface area contributed by atoms with Crippen LogP contribution in [0.25, 0.3) is 60.7 Å². The Morgan fingerprint density at radius 1 is 0.455 bits per heavy atom. The summed E-state index contributed by atoms with van der Waals surface area (Å²) in [4.78, 5) is 0. The lowest BCUT2D eigenvalue weighted by molar-refractivity contribution is 0.739. The molecule has 3 heterocycles. The van der Waals surface area contributed by atoms with E-state index in [1.165, 1.54) is 60.3 Å². The van der Waals surface area contributed by atoms with Gasteiger partial charge < -0.3 is 9.88 Å². The summed E-state index contributed by atoms with van der Waals surface area (Å²) in [7, 11) is 0. The Morgan fingerprint density at radius 2 is 0.977 bits per heavy atom. The Balaban J connectivity index is 1.27. The van der Waals surface area contributed by atoms with E-state index in [4.69, 9.17) is 0 Å².